The van der Waals surface area contributed by atoms with E-state index in [1.807, 2.05) is 37.3 Å². The van der Waals surface area contributed by atoms with E-state index in [-0.39, 0.29) is 12.5 Å². The summed E-state index contributed by atoms with van der Waals surface area (Å²) in [5.41, 5.74) is -0.481. The maximum absolute atomic E-state index is 11.8. The molecule has 1 rings (SSSR count). The van der Waals surface area contributed by atoms with Crippen LogP contribution in [0.1, 0.15) is 32.8 Å². The lowest BCUT2D eigenvalue weighted by Crippen LogP contribution is -2.56. The number of nitrogens with one attached hydrogen (secondary N) is 1. The van der Waals surface area contributed by atoms with Crippen LogP contribution in [-0.4, -0.2) is 22.7 Å². The molecule has 0 saturated carbocycles. The van der Waals surface area contributed by atoms with Gasteiger partial charge in [0.05, 0.1) is 0 Å². The summed E-state index contributed by atoms with van der Waals surface area (Å²) in [5.74, 6) is -1.27. The van der Waals surface area contributed by atoms with Crippen LogP contribution in [0.15, 0.2) is 30.3 Å². The van der Waals surface area contributed by atoms with Gasteiger partial charge in [0.1, 0.15) is 12.1 Å². The molecule has 0 saturated heterocycles. The number of carboxylic acids is 1. The summed E-state index contributed by atoms with van der Waals surface area (Å²) in [6, 6.07) is 9.22. The fourth-order valence-electron chi connectivity index (χ4n) is 1.77. The molecule has 0 bridgehead atoms. The van der Waals surface area contributed by atoms with Crippen molar-refractivity contribution >= 4 is 12.1 Å². The van der Waals surface area contributed by atoms with E-state index in [0.29, 0.717) is 6.42 Å². The van der Waals surface area contributed by atoms with Gasteiger partial charge < -0.3 is 15.2 Å². The predicted octanol–water partition coefficient (Wildman–Crippen LogP) is 2.80. The van der Waals surface area contributed by atoms with Gasteiger partial charge in [0, 0.05) is 0 Å². The summed E-state index contributed by atoms with van der Waals surface area (Å²) < 4.78 is 5.06. The van der Waals surface area contributed by atoms with Crippen LogP contribution in [0, 0.1) is 5.92 Å². The monoisotopic (exact) mass is 279 g/mol. The summed E-state index contributed by atoms with van der Waals surface area (Å²) in [7, 11) is 0. The highest BCUT2D eigenvalue weighted by Crippen LogP contribution is 2.20. The molecule has 0 spiro atoms. The first kappa shape index (κ1) is 16.0. The second-order valence-corrected chi connectivity index (χ2v) is 5.00. The first-order valence-electron chi connectivity index (χ1n) is 6.62. The van der Waals surface area contributed by atoms with E-state index in [2.05, 4.69) is 5.32 Å². The van der Waals surface area contributed by atoms with E-state index in [1.54, 1.807) is 6.92 Å². The van der Waals surface area contributed by atoms with Gasteiger partial charge in [0.15, 0.2) is 0 Å². The molecule has 2 atom stereocenters. The number of rotatable bonds is 6. The fourth-order valence-corrected chi connectivity index (χ4v) is 1.77. The zero-order chi connectivity index (χ0) is 15.2. The van der Waals surface area contributed by atoms with Crippen LogP contribution in [0.3, 0.4) is 0 Å². The van der Waals surface area contributed by atoms with Crippen molar-refractivity contribution in [2.75, 3.05) is 0 Å². The molecule has 0 fully saturated rings. The number of ether oxygens (including phenoxy) is 1. The standard InChI is InChI=1S/C15H21NO4/c1-4-11(2)15(3,13(17)18)16-14(19)20-10-12-8-6-5-7-9-12/h5-9,11H,4,10H2,1-3H3,(H,16,19)(H,17,18)/t11-,15+/m1/s1. The van der Waals surface area contributed by atoms with E-state index in [1.165, 1.54) is 6.92 Å². The molecule has 0 aliphatic heterocycles. The first-order chi connectivity index (χ1) is 9.40. The third-order valence-corrected chi connectivity index (χ3v) is 3.62. The molecule has 1 amide bonds. The van der Waals surface area contributed by atoms with Gasteiger partial charge >= 0.3 is 12.1 Å². The maximum Gasteiger partial charge on any atom is 0.408 e. The summed E-state index contributed by atoms with van der Waals surface area (Å²) >= 11 is 0. The first-order valence-corrected chi connectivity index (χ1v) is 6.62. The van der Waals surface area contributed by atoms with Crippen molar-refractivity contribution in [3.63, 3.8) is 0 Å². The lowest BCUT2D eigenvalue weighted by atomic mass is 9.85. The Kier molecular flexibility index (Phi) is 5.55. The Balaban J connectivity index is 2.61. The van der Waals surface area contributed by atoms with Gasteiger partial charge in [0.25, 0.3) is 0 Å². The highest BCUT2D eigenvalue weighted by Gasteiger charge is 2.40. The van der Waals surface area contributed by atoms with Crippen molar-refractivity contribution in [2.45, 2.75) is 39.3 Å². The second-order valence-electron chi connectivity index (χ2n) is 5.00. The maximum atomic E-state index is 11.8. The molecule has 0 aromatic heterocycles. The SMILES string of the molecule is CC[C@@H](C)[C@](C)(NC(=O)OCc1ccccc1)C(=O)O. The number of aliphatic carboxylic acids is 1. The van der Waals surface area contributed by atoms with Gasteiger partial charge in [-0.25, -0.2) is 9.59 Å². The lowest BCUT2D eigenvalue weighted by molar-refractivity contribution is -0.146. The Hall–Kier alpha value is -2.04. The average molecular weight is 279 g/mol. The minimum absolute atomic E-state index is 0.114. The van der Waals surface area contributed by atoms with Gasteiger partial charge in [-0.1, -0.05) is 50.6 Å². The van der Waals surface area contributed by atoms with Crippen LogP contribution in [0.25, 0.3) is 0 Å². The summed E-state index contributed by atoms with van der Waals surface area (Å²) in [6.45, 7) is 5.27. The normalized spacial score (nSPS) is 14.9. The molecular weight excluding hydrogens is 258 g/mol. The van der Waals surface area contributed by atoms with E-state index < -0.39 is 17.6 Å². The number of amides is 1. The molecule has 1 aromatic carbocycles. The van der Waals surface area contributed by atoms with Crippen LogP contribution < -0.4 is 5.32 Å². The zero-order valence-corrected chi connectivity index (χ0v) is 12.1. The predicted molar refractivity (Wildman–Crippen MR) is 75.3 cm³/mol. The third kappa shape index (κ3) is 3.98. The van der Waals surface area contributed by atoms with Gasteiger partial charge in [0.2, 0.25) is 0 Å². The molecular formula is C15H21NO4. The van der Waals surface area contributed by atoms with Crippen molar-refractivity contribution in [2.24, 2.45) is 5.92 Å². The van der Waals surface area contributed by atoms with Gasteiger partial charge in [-0.15, -0.1) is 0 Å². The average Bonchev–Trinajstić information content (AvgIpc) is 2.45. The Morgan fingerprint density at radius 3 is 2.45 bits per heavy atom. The number of carboxylic acid groups (broad SMARTS) is 1. The highest BCUT2D eigenvalue weighted by molar-refractivity contribution is 5.84. The largest absolute Gasteiger partial charge is 0.480 e. The van der Waals surface area contributed by atoms with Crippen molar-refractivity contribution in [3.05, 3.63) is 35.9 Å². The van der Waals surface area contributed by atoms with Crippen molar-refractivity contribution in [1.29, 1.82) is 0 Å². The molecule has 20 heavy (non-hydrogen) atoms. The van der Waals surface area contributed by atoms with E-state index in [4.69, 9.17) is 4.74 Å². The molecule has 2 N–H and O–H groups in total. The Bertz CT molecular complexity index is 460. The van der Waals surface area contributed by atoms with Crippen LogP contribution in [-0.2, 0) is 16.1 Å². The number of hydrogen-bond acceptors (Lipinski definition) is 3. The molecule has 0 heterocycles. The number of hydrogen-bond donors (Lipinski definition) is 2. The second kappa shape index (κ2) is 6.93. The Morgan fingerprint density at radius 2 is 1.95 bits per heavy atom. The van der Waals surface area contributed by atoms with Crippen molar-refractivity contribution < 1.29 is 19.4 Å². The fraction of sp³-hybridized carbons (Fsp3) is 0.467. The zero-order valence-electron chi connectivity index (χ0n) is 12.1. The number of benzene rings is 1. The van der Waals surface area contributed by atoms with Gasteiger partial charge in [-0.05, 0) is 18.4 Å². The van der Waals surface area contributed by atoms with E-state index in [0.717, 1.165) is 5.56 Å². The molecule has 0 unspecified atom stereocenters. The van der Waals surface area contributed by atoms with E-state index >= 15 is 0 Å². The quantitative estimate of drug-likeness (QED) is 0.839. The number of carbonyl (C=O) groups is 2. The Morgan fingerprint density at radius 1 is 1.35 bits per heavy atom. The molecule has 0 radical (unpaired) electrons. The highest BCUT2D eigenvalue weighted by atomic mass is 16.5. The molecule has 0 aliphatic rings. The molecule has 0 aliphatic carbocycles. The summed E-state index contributed by atoms with van der Waals surface area (Å²) in [4.78, 5) is 23.1. The summed E-state index contributed by atoms with van der Waals surface area (Å²) in [5, 5.41) is 11.8. The van der Waals surface area contributed by atoms with Crippen LogP contribution in [0.2, 0.25) is 0 Å². The van der Waals surface area contributed by atoms with Crippen LogP contribution >= 0.6 is 0 Å². The molecule has 1 aromatic rings. The number of alkyl carbamates (subject to hydrolysis) is 1. The van der Waals surface area contributed by atoms with Crippen molar-refractivity contribution in [1.82, 2.24) is 5.32 Å². The smallest absolute Gasteiger partial charge is 0.408 e. The molecule has 5 heteroatoms. The van der Waals surface area contributed by atoms with Crippen molar-refractivity contribution in [3.8, 4) is 0 Å². The minimum Gasteiger partial charge on any atom is -0.480 e. The Labute approximate surface area is 118 Å². The van der Waals surface area contributed by atoms with Gasteiger partial charge in [-0.3, -0.25) is 0 Å². The summed E-state index contributed by atoms with van der Waals surface area (Å²) in [6.07, 6.45) is -0.0825. The molecule has 110 valence electrons. The topological polar surface area (TPSA) is 75.6 Å². The van der Waals surface area contributed by atoms with E-state index in [9.17, 15) is 14.7 Å². The van der Waals surface area contributed by atoms with Crippen LogP contribution in [0.4, 0.5) is 4.79 Å². The third-order valence-electron chi connectivity index (χ3n) is 3.62. The molecule has 5 nitrogen and oxygen atoms in total. The number of carbonyl (C=O) groups excluding carboxylic acids is 1. The minimum atomic E-state index is -1.33. The lowest BCUT2D eigenvalue weighted by Gasteiger charge is -2.31. The van der Waals surface area contributed by atoms with Gasteiger partial charge in [-0.2, -0.15) is 0 Å². The van der Waals surface area contributed by atoms with Crippen LogP contribution in [0.5, 0.6) is 0 Å².